The average Bonchev–Trinajstić information content (AvgIpc) is 2.92. The Labute approximate surface area is 233 Å². The third-order valence-electron chi connectivity index (χ3n) is 5.97. The summed E-state index contributed by atoms with van der Waals surface area (Å²) in [6.07, 6.45) is 14.7. The van der Waals surface area contributed by atoms with E-state index in [2.05, 4.69) is 24.0 Å². The summed E-state index contributed by atoms with van der Waals surface area (Å²) in [5, 5.41) is 13.5. The first kappa shape index (κ1) is 33.9. The normalized spacial score (nSPS) is 12.5. The minimum Gasteiger partial charge on any atom is -0.464 e. The Morgan fingerprint density at radius 2 is 1.41 bits per heavy atom. The van der Waals surface area contributed by atoms with Gasteiger partial charge >= 0.3 is 17.9 Å². The molecule has 1 rings (SSSR count). The van der Waals surface area contributed by atoms with E-state index in [4.69, 9.17) is 14.2 Å². The number of rotatable bonds is 22. The molecule has 0 heterocycles. The zero-order valence-corrected chi connectivity index (χ0v) is 23.7. The van der Waals surface area contributed by atoms with E-state index in [1.165, 1.54) is 38.5 Å². The van der Waals surface area contributed by atoms with Gasteiger partial charge in [0, 0.05) is 12.2 Å². The molecular weight excluding hydrogens is 498 g/mol. The van der Waals surface area contributed by atoms with Gasteiger partial charge in [-0.15, -0.1) is 6.58 Å². The van der Waals surface area contributed by atoms with Gasteiger partial charge in [-0.25, -0.2) is 9.59 Å². The number of hydrogen-bond donors (Lipinski definition) is 2. The van der Waals surface area contributed by atoms with Gasteiger partial charge in [-0.1, -0.05) is 56.0 Å². The van der Waals surface area contributed by atoms with Gasteiger partial charge in [-0.3, -0.25) is 4.79 Å². The quantitative estimate of drug-likeness (QED) is 0.0828. The van der Waals surface area contributed by atoms with Gasteiger partial charge in [0.15, 0.2) is 6.10 Å². The molecule has 2 N–H and O–H groups in total. The van der Waals surface area contributed by atoms with Crippen LogP contribution in [0.2, 0.25) is 0 Å². The van der Waals surface area contributed by atoms with E-state index >= 15 is 0 Å². The molecule has 0 saturated heterocycles. The highest BCUT2D eigenvalue weighted by Crippen LogP contribution is 2.13. The zero-order chi connectivity index (χ0) is 28.7. The molecule has 0 bridgehead atoms. The Morgan fingerprint density at radius 1 is 0.846 bits per heavy atom. The van der Waals surface area contributed by atoms with Crippen LogP contribution in [0.3, 0.4) is 0 Å². The number of esters is 3. The molecule has 0 amide bonds. The molecular formula is C31H47NO7. The highest BCUT2D eigenvalue weighted by Gasteiger charge is 2.38. The first-order valence-electron chi connectivity index (χ1n) is 14.2. The van der Waals surface area contributed by atoms with Crippen molar-refractivity contribution in [1.82, 2.24) is 0 Å². The number of allylic oxidation sites excluding steroid dienone is 3. The summed E-state index contributed by atoms with van der Waals surface area (Å²) in [6, 6.07) is 7.30. The molecule has 1 aromatic rings. The van der Waals surface area contributed by atoms with Crippen LogP contribution in [0.15, 0.2) is 49.1 Å². The molecule has 1 aromatic carbocycles. The maximum Gasteiger partial charge on any atom is 0.350 e. The molecule has 0 spiro atoms. The highest BCUT2D eigenvalue weighted by atomic mass is 16.6. The first-order chi connectivity index (χ1) is 18.9. The molecule has 8 nitrogen and oxygen atoms in total. The van der Waals surface area contributed by atoms with Crippen LogP contribution in [0.1, 0.15) is 83.6 Å². The average molecular weight is 546 g/mol. The van der Waals surface area contributed by atoms with Crippen molar-refractivity contribution in [2.75, 3.05) is 25.1 Å². The van der Waals surface area contributed by atoms with Crippen molar-refractivity contribution in [2.24, 2.45) is 0 Å². The maximum atomic E-state index is 12.4. The lowest BCUT2D eigenvalue weighted by molar-refractivity contribution is -0.183. The fourth-order valence-electron chi connectivity index (χ4n) is 3.85. The van der Waals surface area contributed by atoms with E-state index in [9.17, 15) is 19.5 Å². The van der Waals surface area contributed by atoms with Crippen LogP contribution in [0.4, 0.5) is 5.69 Å². The number of aliphatic hydroxyl groups excluding tert-OH is 1. The third kappa shape index (κ3) is 15.8. The molecule has 0 saturated carbocycles. The number of carbonyl (C=O) groups excluding carboxylic acids is 3. The zero-order valence-electron chi connectivity index (χ0n) is 23.7. The minimum atomic E-state index is -1.96. The second-order valence-electron chi connectivity index (χ2n) is 9.26. The fourth-order valence-corrected chi connectivity index (χ4v) is 3.85. The number of hydrogen-bond acceptors (Lipinski definition) is 8. The van der Waals surface area contributed by atoms with E-state index in [0.717, 1.165) is 37.9 Å². The Balaban J connectivity index is 2.32. The first-order valence-corrected chi connectivity index (χ1v) is 14.2. The largest absolute Gasteiger partial charge is 0.464 e. The molecule has 39 heavy (non-hydrogen) atoms. The van der Waals surface area contributed by atoms with E-state index in [0.29, 0.717) is 5.56 Å². The Hall–Kier alpha value is -3.13. The second kappa shape index (κ2) is 21.8. The van der Waals surface area contributed by atoms with Crippen molar-refractivity contribution in [3.05, 3.63) is 54.6 Å². The van der Waals surface area contributed by atoms with Gasteiger partial charge < -0.3 is 24.6 Å². The van der Waals surface area contributed by atoms with Gasteiger partial charge in [-0.2, -0.15) is 0 Å². The molecule has 0 aromatic heterocycles. The van der Waals surface area contributed by atoms with E-state index < -0.39 is 30.1 Å². The molecule has 0 fully saturated rings. The molecule has 0 aliphatic heterocycles. The molecule has 2 atom stereocenters. The van der Waals surface area contributed by atoms with Gasteiger partial charge in [-0.05, 0) is 70.1 Å². The summed E-state index contributed by atoms with van der Waals surface area (Å²) in [7, 11) is 0. The van der Waals surface area contributed by atoms with E-state index in [1.807, 2.05) is 18.2 Å². The van der Waals surface area contributed by atoms with Crippen LogP contribution >= 0.6 is 0 Å². The summed E-state index contributed by atoms with van der Waals surface area (Å²) in [4.78, 5) is 36.3. The summed E-state index contributed by atoms with van der Waals surface area (Å²) in [6.45, 7) is 7.73. The van der Waals surface area contributed by atoms with Crippen molar-refractivity contribution in [2.45, 2.75) is 96.7 Å². The van der Waals surface area contributed by atoms with Crippen LogP contribution in [0.5, 0.6) is 0 Å². The predicted molar refractivity (Wildman–Crippen MR) is 153 cm³/mol. The van der Waals surface area contributed by atoms with Crippen molar-refractivity contribution in [1.29, 1.82) is 0 Å². The maximum absolute atomic E-state index is 12.4. The summed E-state index contributed by atoms with van der Waals surface area (Å²) >= 11 is 0. The van der Waals surface area contributed by atoms with Gasteiger partial charge in [0.25, 0.3) is 0 Å². The van der Waals surface area contributed by atoms with Crippen molar-refractivity contribution >= 4 is 23.6 Å². The van der Waals surface area contributed by atoms with E-state index in [-0.39, 0.29) is 19.6 Å². The standard InChI is InChI=1S/C31H47NO7/c1-4-7-8-9-10-11-12-13-14-15-16-17-18-23-32-26-21-19-25(20-22-26)24-27(33)39-29(31(36)38-6-3)28(34)30(35)37-5-2/h4,15-16,19-22,28-29,32,34H,1,5-14,17-18,23-24H2,2-3H3. The Morgan fingerprint density at radius 3 is 2.03 bits per heavy atom. The van der Waals surface area contributed by atoms with Crippen molar-refractivity contribution in [3.8, 4) is 0 Å². The summed E-state index contributed by atoms with van der Waals surface area (Å²) in [5.74, 6) is -2.84. The lowest BCUT2D eigenvalue weighted by Crippen LogP contribution is -2.45. The van der Waals surface area contributed by atoms with Crippen LogP contribution in [-0.2, 0) is 35.0 Å². The number of anilines is 1. The van der Waals surface area contributed by atoms with Crippen LogP contribution in [-0.4, -0.2) is 55.0 Å². The van der Waals surface area contributed by atoms with Gasteiger partial charge in [0.1, 0.15) is 0 Å². The number of nitrogens with one attached hydrogen (secondary N) is 1. The molecule has 0 aliphatic carbocycles. The van der Waals surface area contributed by atoms with Gasteiger partial charge in [0.05, 0.1) is 19.6 Å². The molecule has 0 aliphatic rings. The molecule has 0 radical (unpaired) electrons. The molecule has 2 unspecified atom stereocenters. The monoisotopic (exact) mass is 545 g/mol. The van der Waals surface area contributed by atoms with E-state index in [1.54, 1.807) is 26.0 Å². The number of aliphatic hydroxyl groups is 1. The number of ether oxygens (including phenoxy) is 3. The third-order valence-corrected chi connectivity index (χ3v) is 5.97. The summed E-state index contributed by atoms with van der Waals surface area (Å²) in [5.41, 5.74) is 1.60. The number of unbranched alkanes of at least 4 members (excludes halogenated alkanes) is 8. The lowest BCUT2D eigenvalue weighted by Gasteiger charge is -2.20. The number of benzene rings is 1. The highest BCUT2D eigenvalue weighted by molar-refractivity contribution is 5.87. The minimum absolute atomic E-state index is 0.00432. The Bertz CT molecular complexity index is 866. The smallest absolute Gasteiger partial charge is 0.350 e. The second-order valence-corrected chi connectivity index (χ2v) is 9.26. The lowest BCUT2D eigenvalue weighted by atomic mass is 10.1. The van der Waals surface area contributed by atoms with Crippen LogP contribution in [0, 0.1) is 0 Å². The van der Waals surface area contributed by atoms with Gasteiger partial charge in [0.2, 0.25) is 6.10 Å². The van der Waals surface area contributed by atoms with Crippen LogP contribution in [0.25, 0.3) is 0 Å². The SMILES string of the molecule is C=CCCCCCCCCC=CCCCNc1ccc(CC(=O)OC(C(=O)OCC)C(O)C(=O)OCC)cc1. The van der Waals surface area contributed by atoms with Crippen molar-refractivity contribution < 1.29 is 33.7 Å². The fraction of sp³-hybridized carbons (Fsp3) is 0.581. The Kier molecular flexibility index (Phi) is 18.9. The molecule has 218 valence electrons. The van der Waals surface area contributed by atoms with Crippen LogP contribution < -0.4 is 5.32 Å². The predicted octanol–water partition coefficient (Wildman–Crippen LogP) is 5.68. The van der Waals surface area contributed by atoms with Crippen molar-refractivity contribution in [3.63, 3.8) is 0 Å². The topological polar surface area (TPSA) is 111 Å². The summed E-state index contributed by atoms with van der Waals surface area (Å²) < 4.78 is 14.6. The number of carbonyl (C=O) groups is 3. The molecule has 8 heteroatoms.